The second kappa shape index (κ2) is 7.44. The van der Waals surface area contributed by atoms with Crippen LogP contribution in [0.1, 0.15) is 11.1 Å². The molecule has 0 fully saturated rings. The molecule has 2 N–H and O–H groups in total. The van der Waals surface area contributed by atoms with E-state index in [2.05, 4.69) is 46.3 Å². The first-order chi connectivity index (χ1) is 11.3. The van der Waals surface area contributed by atoms with E-state index in [0.29, 0.717) is 13.2 Å². The monoisotopic (exact) mass is 367 g/mol. The third kappa shape index (κ3) is 3.81. The minimum Gasteiger partial charge on any atom is -0.488 e. The molecular weight excluding hydrogens is 350 g/mol. The average molecular weight is 368 g/mol. The molecule has 3 aromatic carbocycles. The van der Waals surface area contributed by atoms with Gasteiger partial charge in [0, 0.05) is 6.54 Å². The molecule has 3 heteroatoms. The Kier molecular flexibility index (Phi) is 5.11. The second-order valence-corrected chi connectivity index (χ2v) is 6.13. The summed E-state index contributed by atoms with van der Waals surface area (Å²) in [6, 6.07) is 24.5. The fraction of sp³-hybridized carbons (Fsp3) is 0.100. The number of hydrogen-bond donors (Lipinski definition) is 1. The lowest BCUT2D eigenvalue weighted by molar-refractivity contribution is 0.303. The van der Waals surface area contributed by atoms with Crippen molar-refractivity contribution >= 4 is 15.9 Å². The Morgan fingerprint density at radius 1 is 0.783 bits per heavy atom. The van der Waals surface area contributed by atoms with Gasteiger partial charge in [0.05, 0.1) is 4.47 Å². The zero-order valence-corrected chi connectivity index (χ0v) is 14.3. The summed E-state index contributed by atoms with van der Waals surface area (Å²) < 4.78 is 6.90. The highest BCUT2D eigenvalue weighted by Gasteiger charge is 2.06. The van der Waals surface area contributed by atoms with Gasteiger partial charge in [0.15, 0.2) is 0 Å². The normalized spacial score (nSPS) is 10.5. The summed E-state index contributed by atoms with van der Waals surface area (Å²) >= 11 is 3.60. The van der Waals surface area contributed by atoms with Crippen LogP contribution in [0.5, 0.6) is 5.75 Å². The van der Waals surface area contributed by atoms with Crippen LogP contribution in [0.25, 0.3) is 11.1 Å². The molecule has 0 saturated heterocycles. The first-order valence-corrected chi connectivity index (χ1v) is 8.32. The molecule has 0 bridgehead atoms. The quantitative estimate of drug-likeness (QED) is 0.676. The van der Waals surface area contributed by atoms with E-state index in [9.17, 15) is 0 Å². The Balaban J connectivity index is 1.77. The Hall–Kier alpha value is -2.10. The molecule has 0 heterocycles. The summed E-state index contributed by atoms with van der Waals surface area (Å²) in [6.45, 7) is 1.03. The number of hydrogen-bond acceptors (Lipinski definition) is 2. The number of nitrogens with two attached hydrogens (primary N) is 1. The molecule has 0 unspecified atom stereocenters. The lowest BCUT2D eigenvalue weighted by Crippen LogP contribution is -2.04. The van der Waals surface area contributed by atoms with Gasteiger partial charge in [-0.25, -0.2) is 0 Å². The highest BCUT2D eigenvalue weighted by atomic mass is 79.9. The largest absolute Gasteiger partial charge is 0.488 e. The van der Waals surface area contributed by atoms with Gasteiger partial charge in [-0.15, -0.1) is 0 Å². The Bertz CT molecular complexity index is 787. The minimum atomic E-state index is 0.511. The van der Waals surface area contributed by atoms with E-state index in [1.54, 1.807) is 0 Å². The van der Waals surface area contributed by atoms with Crippen LogP contribution >= 0.6 is 15.9 Å². The first kappa shape index (κ1) is 15.8. The highest BCUT2D eigenvalue weighted by Crippen LogP contribution is 2.31. The van der Waals surface area contributed by atoms with E-state index in [1.165, 1.54) is 5.56 Å². The molecule has 0 aliphatic carbocycles. The molecule has 0 aliphatic heterocycles. The second-order valence-electron chi connectivity index (χ2n) is 5.27. The van der Waals surface area contributed by atoms with Gasteiger partial charge in [0.1, 0.15) is 12.4 Å². The molecule has 2 nitrogen and oxygen atoms in total. The number of ether oxygens (including phenoxy) is 1. The number of benzene rings is 3. The van der Waals surface area contributed by atoms with Gasteiger partial charge in [0.25, 0.3) is 0 Å². The van der Waals surface area contributed by atoms with Gasteiger partial charge in [-0.05, 0) is 50.3 Å². The Labute approximate surface area is 145 Å². The third-order valence-electron chi connectivity index (χ3n) is 3.76. The van der Waals surface area contributed by atoms with Crippen LogP contribution in [0.3, 0.4) is 0 Å². The summed E-state index contributed by atoms with van der Waals surface area (Å²) in [5, 5.41) is 0. The molecule has 116 valence electrons. The zero-order chi connectivity index (χ0) is 16.1. The predicted molar refractivity (Wildman–Crippen MR) is 98.2 cm³/mol. The molecule has 3 aromatic rings. The van der Waals surface area contributed by atoms with E-state index in [1.807, 2.05) is 42.5 Å². The molecular formula is C20H18BrNO. The van der Waals surface area contributed by atoms with Crippen LogP contribution in [-0.4, -0.2) is 0 Å². The summed E-state index contributed by atoms with van der Waals surface area (Å²) in [5.74, 6) is 0.830. The van der Waals surface area contributed by atoms with Crippen LogP contribution in [0, 0.1) is 0 Å². The fourth-order valence-electron chi connectivity index (χ4n) is 2.48. The number of rotatable bonds is 5. The Morgan fingerprint density at radius 3 is 2.17 bits per heavy atom. The van der Waals surface area contributed by atoms with E-state index in [0.717, 1.165) is 26.9 Å². The molecule has 0 saturated carbocycles. The summed E-state index contributed by atoms with van der Waals surface area (Å²) in [5.41, 5.74) is 10.4. The van der Waals surface area contributed by atoms with Gasteiger partial charge in [-0.2, -0.15) is 0 Å². The maximum Gasteiger partial charge on any atom is 0.134 e. The van der Waals surface area contributed by atoms with Crippen molar-refractivity contribution in [3.8, 4) is 16.9 Å². The Morgan fingerprint density at radius 2 is 1.48 bits per heavy atom. The topological polar surface area (TPSA) is 35.2 Å². The van der Waals surface area contributed by atoms with Crippen molar-refractivity contribution in [2.75, 3.05) is 0 Å². The fourth-order valence-corrected chi connectivity index (χ4v) is 2.97. The van der Waals surface area contributed by atoms with Crippen molar-refractivity contribution in [1.82, 2.24) is 0 Å². The van der Waals surface area contributed by atoms with Crippen LogP contribution in [0.4, 0.5) is 0 Å². The highest BCUT2D eigenvalue weighted by molar-refractivity contribution is 9.10. The summed E-state index contributed by atoms with van der Waals surface area (Å²) in [7, 11) is 0. The molecule has 0 spiro atoms. The van der Waals surface area contributed by atoms with Gasteiger partial charge in [-0.3, -0.25) is 0 Å². The first-order valence-electron chi connectivity index (χ1n) is 7.52. The molecule has 0 aliphatic rings. The van der Waals surface area contributed by atoms with Crippen LogP contribution in [-0.2, 0) is 13.2 Å². The van der Waals surface area contributed by atoms with Crippen LogP contribution in [0.2, 0.25) is 0 Å². The van der Waals surface area contributed by atoms with E-state index >= 15 is 0 Å². The maximum absolute atomic E-state index is 5.95. The van der Waals surface area contributed by atoms with Gasteiger partial charge >= 0.3 is 0 Å². The van der Waals surface area contributed by atoms with Crippen molar-refractivity contribution in [3.05, 3.63) is 88.4 Å². The van der Waals surface area contributed by atoms with Crippen molar-refractivity contribution in [1.29, 1.82) is 0 Å². The van der Waals surface area contributed by atoms with Crippen LogP contribution < -0.4 is 10.5 Å². The van der Waals surface area contributed by atoms with E-state index in [-0.39, 0.29) is 0 Å². The van der Waals surface area contributed by atoms with Crippen molar-refractivity contribution in [3.63, 3.8) is 0 Å². The molecule has 23 heavy (non-hydrogen) atoms. The predicted octanol–water partition coefficient (Wildman–Crippen LogP) is 5.15. The lowest BCUT2D eigenvalue weighted by atomic mass is 10.1. The average Bonchev–Trinajstić information content (AvgIpc) is 2.61. The minimum absolute atomic E-state index is 0.511. The van der Waals surface area contributed by atoms with Gasteiger partial charge in [0.2, 0.25) is 0 Å². The molecule has 3 rings (SSSR count). The van der Waals surface area contributed by atoms with Crippen molar-refractivity contribution in [2.24, 2.45) is 5.73 Å². The summed E-state index contributed by atoms with van der Waals surface area (Å²) in [6.07, 6.45) is 0. The maximum atomic E-state index is 5.95. The lowest BCUT2D eigenvalue weighted by Gasteiger charge is -2.12. The zero-order valence-electron chi connectivity index (χ0n) is 12.7. The summed E-state index contributed by atoms with van der Waals surface area (Å²) in [4.78, 5) is 0. The molecule has 0 radical (unpaired) electrons. The van der Waals surface area contributed by atoms with E-state index in [4.69, 9.17) is 10.5 Å². The van der Waals surface area contributed by atoms with Crippen LogP contribution in [0.15, 0.2) is 77.3 Å². The molecule has 0 aromatic heterocycles. The number of halogens is 1. The standard InChI is InChI=1S/C20H18BrNO/c21-19-12-16(15-6-2-1-3-7-15)10-11-20(19)23-14-18-9-5-4-8-17(18)13-22/h1-12H,13-14,22H2. The van der Waals surface area contributed by atoms with Gasteiger partial charge < -0.3 is 10.5 Å². The van der Waals surface area contributed by atoms with Gasteiger partial charge in [-0.1, -0.05) is 60.7 Å². The smallest absolute Gasteiger partial charge is 0.134 e. The molecule has 0 amide bonds. The molecule has 0 atom stereocenters. The van der Waals surface area contributed by atoms with Crippen molar-refractivity contribution in [2.45, 2.75) is 13.2 Å². The van der Waals surface area contributed by atoms with Crippen molar-refractivity contribution < 1.29 is 4.74 Å². The SMILES string of the molecule is NCc1ccccc1COc1ccc(-c2ccccc2)cc1Br. The third-order valence-corrected chi connectivity index (χ3v) is 4.38. The van der Waals surface area contributed by atoms with E-state index < -0.39 is 0 Å².